The molecule has 0 amide bonds. The molecule has 2 aliphatic carbocycles. The molecule has 0 bridgehead atoms. The molecule has 1 heterocycles. The number of hydrogen-bond donors (Lipinski definition) is 1. The summed E-state index contributed by atoms with van der Waals surface area (Å²) in [6.45, 7) is 15.0. The SMILES string of the molecule is CC1=CC=CC2C1CC(C)C2[Si](C)(C)N1CCNCC1. The molecule has 0 aromatic carbocycles. The molecule has 4 atom stereocenters. The lowest BCUT2D eigenvalue weighted by molar-refractivity contribution is 0.340. The molecule has 3 heteroatoms. The maximum Gasteiger partial charge on any atom is 0.126 e. The molecule has 2 nitrogen and oxygen atoms in total. The summed E-state index contributed by atoms with van der Waals surface area (Å²) in [6.07, 6.45) is 8.60. The van der Waals surface area contributed by atoms with Gasteiger partial charge in [0.2, 0.25) is 0 Å². The second kappa shape index (κ2) is 5.43. The Bertz CT molecular complexity index is 421. The molecule has 0 radical (unpaired) electrons. The van der Waals surface area contributed by atoms with Crippen molar-refractivity contribution >= 4 is 8.24 Å². The van der Waals surface area contributed by atoms with E-state index < -0.39 is 8.24 Å². The van der Waals surface area contributed by atoms with Gasteiger partial charge in [-0.05, 0) is 36.6 Å². The van der Waals surface area contributed by atoms with Crippen molar-refractivity contribution in [1.29, 1.82) is 0 Å². The zero-order chi connectivity index (χ0) is 14.3. The molecule has 3 rings (SSSR count). The van der Waals surface area contributed by atoms with Crippen molar-refractivity contribution in [2.24, 2.45) is 17.8 Å². The first-order valence-corrected chi connectivity index (χ1v) is 11.3. The molecular formula is C17H30N2Si. The van der Waals surface area contributed by atoms with Gasteiger partial charge in [0.25, 0.3) is 0 Å². The van der Waals surface area contributed by atoms with Crippen LogP contribution in [0.2, 0.25) is 18.6 Å². The van der Waals surface area contributed by atoms with Crippen molar-refractivity contribution in [1.82, 2.24) is 9.88 Å². The van der Waals surface area contributed by atoms with E-state index in [0.29, 0.717) is 0 Å². The first-order chi connectivity index (χ1) is 9.51. The van der Waals surface area contributed by atoms with E-state index in [0.717, 1.165) is 23.3 Å². The van der Waals surface area contributed by atoms with Gasteiger partial charge in [-0.25, -0.2) is 0 Å². The van der Waals surface area contributed by atoms with E-state index in [9.17, 15) is 0 Å². The van der Waals surface area contributed by atoms with E-state index in [-0.39, 0.29) is 0 Å². The Morgan fingerprint density at radius 2 is 1.95 bits per heavy atom. The fraction of sp³-hybridized carbons (Fsp3) is 0.765. The molecule has 2 fully saturated rings. The van der Waals surface area contributed by atoms with Crippen molar-refractivity contribution in [3.63, 3.8) is 0 Å². The number of rotatable bonds is 2. The predicted molar refractivity (Wildman–Crippen MR) is 89.3 cm³/mol. The zero-order valence-electron chi connectivity index (χ0n) is 13.5. The lowest BCUT2D eigenvalue weighted by Gasteiger charge is -2.47. The largest absolute Gasteiger partial charge is 0.321 e. The lowest BCUT2D eigenvalue weighted by Crippen LogP contribution is -2.60. The summed E-state index contributed by atoms with van der Waals surface area (Å²) in [5, 5.41) is 3.51. The smallest absolute Gasteiger partial charge is 0.126 e. The van der Waals surface area contributed by atoms with E-state index in [4.69, 9.17) is 0 Å². The molecule has 112 valence electrons. The average Bonchev–Trinajstić information content (AvgIpc) is 2.78. The Morgan fingerprint density at radius 1 is 1.25 bits per heavy atom. The van der Waals surface area contributed by atoms with E-state index in [2.05, 4.69) is 55.1 Å². The molecular weight excluding hydrogens is 260 g/mol. The number of allylic oxidation sites excluding steroid dienone is 4. The molecule has 20 heavy (non-hydrogen) atoms. The minimum Gasteiger partial charge on any atom is -0.321 e. The summed E-state index contributed by atoms with van der Waals surface area (Å²) in [6, 6.07) is 0. The summed E-state index contributed by atoms with van der Waals surface area (Å²) < 4.78 is 2.87. The Kier molecular flexibility index (Phi) is 3.95. The highest BCUT2D eigenvalue weighted by Crippen LogP contribution is 2.55. The second-order valence-corrected chi connectivity index (χ2v) is 12.2. The van der Waals surface area contributed by atoms with E-state index in [1.807, 2.05) is 0 Å². The molecule has 4 unspecified atom stereocenters. The van der Waals surface area contributed by atoms with Crippen molar-refractivity contribution < 1.29 is 0 Å². The summed E-state index contributed by atoms with van der Waals surface area (Å²) in [5.41, 5.74) is 2.54. The number of piperazine rings is 1. The van der Waals surface area contributed by atoms with Crippen LogP contribution in [-0.2, 0) is 0 Å². The van der Waals surface area contributed by atoms with Crippen molar-refractivity contribution in [2.45, 2.75) is 38.9 Å². The molecule has 0 aromatic heterocycles. The summed E-state index contributed by atoms with van der Waals surface area (Å²) in [7, 11) is -1.36. The Labute approximate surface area is 125 Å². The molecule has 1 saturated heterocycles. The first kappa shape index (κ1) is 14.5. The van der Waals surface area contributed by atoms with E-state index in [1.54, 1.807) is 5.57 Å². The van der Waals surface area contributed by atoms with Gasteiger partial charge in [0.1, 0.15) is 8.24 Å². The van der Waals surface area contributed by atoms with Gasteiger partial charge >= 0.3 is 0 Å². The highest BCUT2D eigenvalue weighted by Gasteiger charge is 2.51. The summed E-state index contributed by atoms with van der Waals surface area (Å²) in [4.78, 5) is 0. The quantitative estimate of drug-likeness (QED) is 0.785. The van der Waals surface area contributed by atoms with Crippen LogP contribution in [0.15, 0.2) is 23.8 Å². The average molecular weight is 291 g/mol. The van der Waals surface area contributed by atoms with Crippen LogP contribution >= 0.6 is 0 Å². The van der Waals surface area contributed by atoms with Crippen molar-refractivity contribution in [2.75, 3.05) is 26.2 Å². The summed E-state index contributed by atoms with van der Waals surface area (Å²) >= 11 is 0. The predicted octanol–water partition coefficient (Wildman–Crippen LogP) is 3.26. The number of nitrogens with zero attached hydrogens (tertiary/aromatic N) is 1. The highest BCUT2D eigenvalue weighted by molar-refractivity contribution is 6.76. The van der Waals surface area contributed by atoms with Crippen LogP contribution in [0.4, 0.5) is 0 Å². The van der Waals surface area contributed by atoms with E-state index >= 15 is 0 Å². The van der Waals surface area contributed by atoms with Gasteiger partial charge in [-0.1, -0.05) is 43.8 Å². The Hall–Kier alpha value is -0.383. The maximum absolute atomic E-state index is 3.51. The van der Waals surface area contributed by atoms with Crippen LogP contribution < -0.4 is 5.32 Å². The molecule has 3 aliphatic rings. The molecule has 1 aliphatic heterocycles. The Balaban J connectivity index is 1.84. The van der Waals surface area contributed by atoms with E-state index in [1.165, 1.54) is 32.6 Å². The van der Waals surface area contributed by atoms with Gasteiger partial charge < -0.3 is 9.88 Å². The number of nitrogens with one attached hydrogen (secondary N) is 1. The van der Waals surface area contributed by atoms with Gasteiger partial charge in [0, 0.05) is 26.2 Å². The van der Waals surface area contributed by atoms with Crippen molar-refractivity contribution in [3.8, 4) is 0 Å². The number of hydrogen-bond acceptors (Lipinski definition) is 2. The van der Waals surface area contributed by atoms with Crippen LogP contribution in [0, 0.1) is 17.8 Å². The number of fused-ring (bicyclic) bond motifs is 1. The van der Waals surface area contributed by atoms with Crippen LogP contribution in [0.5, 0.6) is 0 Å². The monoisotopic (exact) mass is 290 g/mol. The third kappa shape index (κ3) is 2.34. The van der Waals surface area contributed by atoms with Gasteiger partial charge in [-0.15, -0.1) is 0 Å². The normalized spacial score (nSPS) is 38.7. The molecule has 1 saturated carbocycles. The van der Waals surface area contributed by atoms with Crippen molar-refractivity contribution in [3.05, 3.63) is 23.8 Å². The topological polar surface area (TPSA) is 15.3 Å². The lowest BCUT2D eigenvalue weighted by atomic mass is 9.85. The molecule has 1 N–H and O–H groups in total. The van der Waals surface area contributed by atoms with Crippen LogP contribution in [0.1, 0.15) is 20.3 Å². The minimum absolute atomic E-state index is 0.812. The standard InChI is InChI=1S/C17H30N2Si/c1-13-6-5-7-15-16(13)12-14(2)17(15)20(3,4)19-10-8-18-9-11-19/h5-7,14-18H,8-12H2,1-4H3. The fourth-order valence-corrected chi connectivity index (χ4v) is 9.77. The van der Waals surface area contributed by atoms with Gasteiger partial charge in [-0.2, -0.15) is 0 Å². The third-order valence-electron chi connectivity index (χ3n) is 6.14. The van der Waals surface area contributed by atoms with Gasteiger partial charge in [0.05, 0.1) is 0 Å². The van der Waals surface area contributed by atoms with Crippen LogP contribution in [0.25, 0.3) is 0 Å². The Morgan fingerprint density at radius 3 is 2.65 bits per heavy atom. The maximum atomic E-state index is 3.51. The van der Waals surface area contributed by atoms with Gasteiger partial charge in [0.15, 0.2) is 0 Å². The first-order valence-electron chi connectivity index (χ1n) is 8.32. The fourth-order valence-electron chi connectivity index (χ4n) is 5.16. The zero-order valence-corrected chi connectivity index (χ0v) is 14.5. The third-order valence-corrected chi connectivity index (χ3v) is 10.8. The summed E-state index contributed by atoms with van der Waals surface area (Å²) in [5.74, 6) is 2.52. The highest BCUT2D eigenvalue weighted by atomic mass is 28.3. The van der Waals surface area contributed by atoms with Crippen LogP contribution in [0.3, 0.4) is 0 Å². The van der Waals surface area contributed by atoms with Gasteiger partial charge in [-0.3, -0.25) is 0 Å². The molecule has 0 spiro atoms. The second-order valence-electron chi connectivity index (χ2n) is 7.61. The molecule has 0 aromatic rings. The minimum atomic E-state index is -1.36. The van der Waals surface area contributed by atoms with Crippen LogP contribution in [-0.4, -0.2) is 39.0 Å².